The van der Waals surface area contributed by atoms with Gasteiger partial charge in [0.15, 0.2) is 0 Å². The van der Waals surface area contributed by atoms with Crippen molar-refractivity contribution < 1.29 is 23.3 Å². The monoisotopic (exact) mass is 244 g/mol. The highest BCUT2D eigenvalue weighted by atomic mass is 32.2. The van der Waals surface area contributed by atoms with E-state index >= 15 is 0 Å². The molecular formula is C9H10NO5S-. The van der Waals surface area contributed by atoms with Crippen LogP contribution >= 0.6 is 0 Å². The van der Waals surface area contributed by atoms with Crippen molar-refractivity contribution in [2.75, 3.05) is 7.11 Å². The van der Waals surface area contributed by atoms with Crippen molar-refractivity contribution in [3.05, 3.63) is 35.9 Å². The zero-order chi connectivity index (χ0) is 12.2. The maximum Gasteiger partial charge on any atom is 0.248 e. The number of carbonyl (C=O) groups excluding carboxylic acids is 1. The lowest BCUT2D eigenvalue weighted by molar-refractivity contribution is -0.282. The Morgan fingerprint density at radius 1 is 1.44 bits per heavy atom. The molecule has 1 rings (SSSR count). The van der Waals surface area contributed by atoms with E-state index in [-0.39, 0.29) is 0 Å². The van der Waals surface area contributed by atoms with Gasteiger partial charge in [-0.3, -0.25) is 0 Å². The maximum absolute atomic E-state index is 9.17. The summed E-state index contributed by atoms with van der Waals surface area (Å²) >= 11 is -2.61. The first-order chi connectivity index (χ1) is 7.70. The van der Waals surface area contributed by atoms with E-state index in [1.54, 1.807) is 0 Å². The Balaban J connectivity index is 0.000000325. The Labute approximate surface area is 95.3 Å². The van der Waals surface area contributed by atoms with Gasteiger partial charge in [0.1, 0.15) is 6.61 Å². The Morgan fingerprint density at radius 2 is 2.06 bits per heavy atom. The fraction of sp³-hybridized carbons (Fsp3) is 0.222. The molecule has 0 heterocycles. The molecule has 0 N–H and O–H groups in total. The molecule has 0 fully saturated rings. The molecule has 0 saturated carbocycles. The summed E-state index contributed by atoms with van der Waals surface area (Å²) < 4.78 is 20.6. The summed E-state index contributed by atoms with van der Waals surface area (Å²) in [5, 5.41) is 0. The topological polar surface area (TPSA) is 88.0 Å². The van der Waals surface area contributed by atoms with Gasteiger partial charge in [-0.2, -0.15) is 0 Å². The van der Waals surface area contributed by atoms with Gasteiger partial charge in [0.2, 0.25) is 6.08 Å². The molecule has 1 atom stereocenters. The fourth-order valence-electron chi connectivity index (χ4n) is 0.732. The average Bonchev–Trinajstić information content (AvgIpc) is 2.28. The van der Waals surface area contributed by atoms with Gasteiger partial charge in [-0.25, -0.2) is 18.8 Å². The second-order valence-corrected chi connectivity index (χ2v) is 2.93. The highest BCUT2D eigenvalue weighted by Crippen LogP contribution is 1.99. The second-order valence-electron chi connectivity index (χ2n) is 2.31. The van der Waals surface area contributed by atoms with Crippen molar-refractivity contribution in [3.8, 4) is 0 Å². The molecule has 6 nitrogen and oxygen atoms in total. The SMILES string of the molecule is COOCc1ccccc1.O=C=NS(=O)[O-]. The predicted molar refractivity (Wildman–Crippen MR) is 55.3 cm³/mol. The van der Waals surface area contributed by atoms with E-state index in [2.05, 4.69) is 9.29 Å². The number of rotatable bonds is 4. The fourth-order valence-corrected chi connectivity index (χ4v) is 0.792. The van der Waals surface area contributed by atoms with Crippen LogP contribution in [-0.2, 0) is 32.4 Å². The molecule has 0 aromatic heterocycles. The van der Waals surface area contributed by atoms with E-state index in [4.69, 9.17) is 9.68 Å². The van der Waals surface area contributed by atoms with Crippen LogP contribution in [0, 0.1) is 0 Å². The number of hydrogen-bond donors (Lipinski definition) is 0. The first-order valence-electron chi connectivity index (χ1n) is 4.07. The third-order valence-corrected chi connectivity index (χ3v) is 1.52. The first kappa shape index (κ1) is 14.6. The zero-order valence-electron chi connectivity index (χ0n) is 8.49. The van der Waals surface area contributed by atoms with Gasteiger partial charge in [0, 0.05) is 0 Å². The van der Waals surface area contributed by atoms with Crippen LogP contribution < -0.4 is 0 Å². The van der Waals surface area contributed by atoms with Crippen molar-refractivity contribution in [1.82, 2.24) is 0 Å². The Kier molecular flexibility index (Phi) is 9.29. The molecule has 1 aromatic carbocycles. The third kappa shape index (κ3) is 9.20. The van der Waals surface area contributed by atoms with Crippen LogP contribution in [0.4, 0.5) is 0 Å². The molecule has 0 aliphatic rings. The number of benzene rings is 1. The van der Waals surface area contributed by atoms with Crippen LogP contribution in [0.15, 0.2) is 34.7 Å². The number of hydrogen-bond acceptors (Lipinski definition) is 5. The van der Waals surface area contributed by atoms with E-state index in [1.807, 2.05) is 30.3 Å². The summed E-state index contributed by atoms with van der Waals surface area (Å²) in [6.07, 6.45) is 0.829. The van der Waals surface area contributed by atoms with E-state index in [9.17, 15) is 8.76 Å². The highest BCUT2D eigenvalue weighted by molar-refractivity contribution is 7.77. The third-order valence-electron chi connectivity index (χ3n) is 1.30. The van der Waals surface area contributed by atoms with Crippen LogP contribution in [-0.4, -0.2) is 22.0 Å². The summed E-state index contributed by atoms with van der Waals surface area (Å²) in [6, 6.07) is 9.87. The smallest absolute Gasteiger partial charge is 0.248 e. The molecule has 1 aromatic rings. The van der Waals surface area contributed by atoms with Gasteiger partial charge in [-0.1, -0.05) is 30.3 Å². The van der Waals surface area contributed by atoms with Crippen LogP contribution in [0.2, 0.25) is 0 Å². The average molecular weight is 244 g/mol. The van der Waals surface area contributed by atoms with Crippen molar-refractivity contribution in [3.63, 3.8) is 0 Å². The standard InChI is InChI=1S/C8H10O2.CHNO3S/c1-9-10-7-8-5-3-2-4-6-8;3-1-2-6(4)5/h2-6H,7H2,1H3;(H,4,5)/p-1. The molecule has 0 spiro atoms. The van der Waals surface area contributed by atoms with E-state index in [1.165, 1.54) is 7.11 Å². The minimum atomic E-state index is -2.61. The van der Waals surface area contributed by atoms with Crippen LogP contribution in [0.1, 0.15) is 5.56 Å². The molecule has 88 valence electrons. The Hall–Kier alpha value is -1.37. The van der Waals surface area contributed by atoms with Gasteiger partial charge in [0.25, 0.3) is 0 Å². The summed E-state index contributed by atoms with van der Waals surface area (Å²) in [6.45, 7) is 0.511. The first-order valence-corrected chi connectivity index (χ1v) is 5.10. The van der Waals surface area contributed by atoms with Crippen molar-refractivity contribution in [1.29, 1.82) is 0 Å². The van der Waals surface area contributed by atoms with Gasteiger partial charge < -0.3 is 4.55 Å². The minimum absolute atomic E-state index is 0.511. The number of nitrogens with zero attached hydrogens (tertiary/aromatic N) is 1. The molecule has 1 unspecified atom stereocenters. The molecule has 0 amide bonds. The summed E-state index contributed by atoms with van der Waals surface area (Å²) in [5.41, 5.74) is 1.12. The lowest BCUT2D eigenvalue weighted by Gasteiger charge is -1.97. The van der Waals surface area contributed by atoms with Crippen molar-refractivity contribution >= 4 is 17.3 Å². The lowest BCUT2D eigenvalue weighted by Crippen LogP contribution is -1.89. The summed E-state index contributed by atoms with van der Waals surface area (Å²) in [5.74, 6) is 0. The Morgan fingerprint density at radius 3 is 2.44 bits per heavy atom. The van der Waals surface area contributed by atoms with E-state index in [0.717, 1.165) is 11.6 Å². The van der Waals surface area contributed by atoms with Gasteiger partial charge >= 0.3 is 0 Å². The van der Waals surface area contributed by atoms with Crippen molar-refractivity contribution in [2.24, 2.45) is 4.40 Å². The van der Waals surface area contributed by atoms with Crippen molar-refractivity contribution in [2.45, 2.75) is 6.61 Å². The molecule has 0 aliphatic carbocycles. The predicted octanol–water partition coefficient (Wildman–Crippen LogP) is 0.881. The van der Waals surface area contributed by atoms with E-state index in [0.29, 0.717) is 6.61 Å². The highest BCUT2D eigenvalue weighted by Gasteiger charge is 1.88. The van der Waals surface area contributed by atoms with Crippen LogP contribution in [0.25, 0.3) is 0 Å². The van der Waals surface area contributed by atoms with E-state index < -0.39 is 11.3 Å². The van der Waals surface area contributed by atoms with Crippen LogP contribution in [0.5, 0.6) is 0 Å². The quantitative estimate of drug-likeness (QED) is 0.258. The summed E-state index contributed by atoms with van der Waals surface area (Å²) in [4.78, 5) is 18.1. The lowest BCUT2D eigenvalue weighted by atomic mass is 10.2. The molecule has 0 bridgehead atoms. The molecule has 16 heavy (non-hydrogen) atoms. The molecule has 7 heteroatoms. The minimum Gasteiger partial charge on any atom is -0.753 e. The van der Waals surface area contributed by atoms with Crippen LogP contribution in [0.3, 0.4) is 0 Å². The van der Waals surface area contributed by atoms with Gasteiger partial charge in [0.05, 0.1) is 18.4 Å². The molecule has 0 aliphatic heterocycles. The Bertz CT molecular complexity index is 350. The van der Waals surface area contributed by atoms with Gasteiger partial charge in [-0.05, 0) is 5.56 Å². The summed E-state index contributed by atoms with van der Waals surface area (Å²) in [7, 11) is 1.50. The normalized spacial score (nSPS) is 10.6. The maximum atomic E-state index is 9.17. The zero-order valence-corrected chi connectivity index (χ0v) is 9.31. The molecule has 0 radical (unpaired) electrons. The molecular weight excluding hydrogens is 234 g/mol. The second kappa shape index (κ2) is 10.2. The molecule has 0 saturated heterocycles. The van der Waals surface area contributed by atoms with Gasteiger partial charge in [-0.15, -0.1) is 4.40 Å². The number of isocyanates is 1. The largest absolute Gasteiger partial charge is 0.753 e.